The van der Waals surface area contributed by atoms with Gasteiger partial charge in [0.15, 0.2) is 0 Å². The molecule has 94 valence electrons. The van der Waals surface area contributed by atoms with Crippen LogP contribution in [0.1, 0.15) is 46.5 Å². The molecule has 4 heteroatoms. The molecule has 0 bridgehead atoms. The summed E-state index contributed by atoms with van der Waals surface area (Å²) in [4.78, 5) is 10.4. The van der Waals surface area contributed by atoms with Gasteiger partial charge in [0.2, 0.25) is 0 Å². The highest BCUT2D eigenvalue weighted by molar-refractivity contribution is 5.80. The molecule has 4 nitrogen and oxygen atoms in total. The predicted octanol–water partition coefficient (Wildman–Crippen LogP) is 1.33. The molecule has 0 aromatic carbocycles. The molecule has 0 aromatic rings. The Morgan fingerprint density at radius 3 is 1.81 bits per heavy atom. The summed E-state index contributed by atoms with van der Waals surface area (Å²) in [6, 6.07) is 0. The lowest BCUT2D eigenvalue weighted by molar-refractivity contribution is -0.149. The molecule has 5 N–H and O–H groups in total. The topological polar surface area (TPSA) is 89.3 Å². The van der Waals surface area contributed by atoms with Crippen LogP contribution in [0.15, 0.2) is 0 Å². The van der Waals surface area contributed by atoms with Gasteiger partial charge in [0.1, 0.15) is 5.54 Å². The van der Waals surface area contributed by atoms with E-state index in [1.165, 1.54) is 12.8 Å². The average Bonchev–Trinajstić information content (AvgIpc) is 2.12. The molecule has 16 heavy (non-hydrogen) atoms. The summed E-state index contributed by atoms with van der Waals surface area (Å²) in [5, 5.41) is 8.54. The Morgan fingerprint density at radius 1 is 1.31 bits per heavy atom. The summed E-state index contributed by atoms with van der Waals surface area (Å²) in [5.74, 6) is 0.172. The van der Waals surface area contributed by atoms with Gasteiger partial charge in [0.25, 0.3) is 0 Å². The zero-order valence-corrected chi connectivity index (χ0v) is 10.5. The maximum atomic E-state index is 10.4. The normalized spacial score (nSPS) is 45.8. The fraction of sp³-hybridized carbons (Fsp3) is 0.917. The largest absolute Gasteiger partial charge is 0.480 e. The van der Waals surface area contributed by atoms with Crippen molar-refractivity contribution in [3.8, 4) is 0 Å². The number of rotatable bonds is 1. The SMILES string of the molecule is CC1CC(C)(N)C1.CC1CCC1(N)C(=O)O. The summed E-state index contributed by atoms with van der Waals surface area (Å²) in [7, 11) is 0. The number of carboxylic acids is 1. The van der Waals surface area contributed by atoms with Gasteiger partial charge in [-0.15, -0.1) is 0 Å². The highest BCUT2D eigenvalue weighted by atomic mass is 16.4. The number of aliphatic carboxylic acids is 1. The standard InChI is InChI=1S/C6H11NO2.C6H13N/c1-4-2-3-6(4,7)5(8)9;1-5-3-6(2,7)4-5/h4H,2-3,7H2,1H3,(H,8,9);5H,3-4,7H2,1-2H3. The van der Waals surface area contributed by atoms with Crippen LogP contribution in [0.3, 0.4) is 0 Å². The minimum Gasteiger partial charge on any atom is -0.480 e. The Labute approximate surface area is 97.4 Å². The molecule has 0 amide bonds. The van der Waals surface area contributed by atoms with Gasteiger partial charge in [0, 0.05) is 5.54 Å². The third-order valence-electron chi connectivity index (χ3n) is 3.90. The van der Waals surface area contributed by atoms with Crippen LogP contribution in [0.5, 0.6) is 0 Å². The summed E-state index contributed by atoms with van der Waals surface area (Å²) in [5.41, 5.74) is 10.5. The molecule has 0 aromatic heterocycles. The van der Waals surface area contributed by atoms with Gasteiger partial charge in [-0.25, -0.2) is 0 Å². The van der Waals surface area contributed by atoms with Crippen molar-refractivity contribution >= 4 is 5.97 Å². The van der Waals surface area contributed by atoms with E-state index >= 15 is 0 Å². The Hall–Kier alpha value is -0.610. The van der Waals surface area contributed by atoms with E-state index in [0.717, 1.165) is 12.3 Å². The van der Waals surface area contributed by atoms with E-state index < -0.39 is 11.5 Å². The van der Waals surface area contributed by atoms with E-state index in [9.17, 15) is 4.79 Å². The third kappa shape index (κ3) is 2.74. The highest BCUT2D eigenvalue weighted by Crippen LogP contribution is 2.35. The zero-order chi connectivity index (χ0) is 12.6. The van der Waals surface area contributed by atoms with Crippen LogP contribution in [0, 0.1) is 11.8 Å². The number of carbonyl (C=O) groups is 1. The molecular formula is C12H24N2O2. The molecule has 2 saturated carbocycles. The van der Waals surface area contributed by atoms with Crippen LogP contribution in [0.2, 0.25) is 0 Å². The molecule has 0 heterocycles. The van der Waals surface area contributed by atoms with E-state index in [0.29, 0.717) is 6.42 Å². The maximum absolute atomic E-state index is 10.4. The molecule has 0 saturated heterocycles. The first kappa shape index (κ1) is 13.5. The van der Waals surface area contributed by atoms with Crippen LogP contribution >= 0.6 is 0 Å². The molecular weight excluding hydrogens is 204 g/mol. The van der Waals surface area contributed by atoms with Gasteiger partial charge in [-0.3, -0.25) is 4.79 Å². The monoisotopic (exact) mass is 228 g/mol. The zero-order valence-electron chi connectivity index (χ0n) is 10.5. The lowest BCUT2D eigenvalue weighted by Crippen LogP contribution is -2.59. The quantitative estimate of drug-likeness (QED) is 0.631. The smallest absolute Gasteiger partial charge is 0.323 e. The second-order valence-electron chi connectivity index (χ2n) is 5.95. The Kier molecular flexibility index (Phi) is 3.65. The van der Waals surface area contributed by atoms with Crippen molar-refractivity contribution in [1.82, 2.24) is 0 Å². The molecule has 2 aliphatic carbocycles. The van der Waals surface area contributed by atoms with Crippen molar-refractivity contribution in [1.29, 1.82) is 0 Å². The first-order valence-corrected chi connectivity index (χ1v) is 5.98. The van der Waals surface area contributed by atoms with Crippen LogP contribution in [-0.2, 0) is 4.79 Å². The van der Waals surface area contributed by atoms with Crippen LogP contribution in [0.25, 0.3) is 0 Å². The maximum Gasteiger partial charge on any atom is 0.323 e. The number of carboxylic acid groups (broad SMARTS) is 1. The Morgan fingerprint density at radius 2 is 1.81 bits per heavy atom. The van der Waals surface area contributed by atoms with Crippen molar-refractivity contribution < 1.29 is 9.90 Å². The van der Waals surface area contributed by atoms with E-state index in [-0.39, 0.29) is 11.5 Å². The minimum absolute atomic E-state index is 0.148. The van der Waals surface area contributed by atoms with Crippen molar-refractivity contribution in [3.63, 3.8) is 0 Å². The molecule has 0 spiro atoms. The number of hydrogen-bond donors (Lipinski definition) is 3. The first-order chi connectivity index (χ1) is 7.17. The third-order valence-corrected chi connectivity index (χ3v) is 3.90. The van der Waals surface area contributed by atoms with Gasteiger partial charge in [-0.1, -0.05) is 13.8 Å². The Bertz CT molecular complexity index is 270. The van der Waals surface area contributed by atoms with Crippen LogP contribution in [-0.4, -0.2) is 22.2 Å². The number of hydrogen-bond acceptors (Lipinski definition) is 3. The van der Waals surface area contributed by atoms with Crippen molar-refractivity contribution in [2.24, 2.45) is 23.3 Å². The fourth-order valence-corrected chi connectivity index (χ4v) is 2.59. The molecule has 2 atom stereocenters. The molecule has 0 radical (unpaired) electrons. The van der Waals surface area contributed by atoms with Crippen LogP contribution in [0.4, 0.5) is 0 Å². The molecule has 2 aliphatic rings. The van der Waals surface area contributed by atoms with Gasteiger partial charge in [-0.2, -0.15) is 0 Å². The van der Waals surface area contributed by atoms with E-state index in [4.69, 9.17) is 16.6 Å². The van der Waals surface area contributed by atoms with Gasteiger partial charge < -0.3 is 16.6 Å². The second kappa shape index (κ2) is 4.34. The van der Waals surface area contributed by atoms with Gasteiger partial charge in [-0.05, 0) is 44.4 Å². The summed E-state index contributed by atoms with van der Waals surface area (Å²) in [6.07, 6.45) is 4.01. The van der Waals surface area contributed by atoms with Crippen molar-refractivity contribution in [2.45, 2.75) is 57.5 Å². The van der Waals surface area contributed by atoms with Crippen molar-refractivity contribution in [3.05, 3.63) is 0 Å². The molecule has 2 unspecified atom stereocenters. The van der Waals surface area contributed by atoms with Crippen molar-refractivity contribution in [2.75, 3.05) is 0 Å². The lowest BCUT2D eigenvalue weighted by Gasteiger charge is -2.40. The predicted molar refractivity (Wildman–Crippen MR) is 63.9 cm³/mol. The van der Waals surface area contributed by atoms with Crippen LogP contribution < -0.4 is 11.5 Å². The summed E-state index contributed by atoms with van der Waals surface area (Å²) < 4.78 is 0. The van der Waals surface area contributed by atoms with E-state index in [1.54, 1.807) is 0 Å². The summed E-state index contributed by atoms with van der Waals surface area (Å²) >= 11 is 0. The average molecular weight is 228 g/mol. The minimum atomic E-state index is -0.903. The van der Waals surface area contributed by atoms with Gasteiger partial charge in [0.05, 0.1) is 0 Å². The fourth-order valence-electron chi connectivity index (χ4n) is 2.59. The molecule has 2 rings (SSSR count). The van der Waals surface area contributed by atoms with Gasteiger partial charge >= 0.3 is 5.97 Å². The molecule has 2 fully saturated rings. The number of nitrogens with two attached hydrogens (primary N) is 2. The highest BCUT2D eigenvalue weighted by Gasteiger charge is 2.46. The Balaban J connectivity index is 0.000000165. The lowest BCUT2D eigenvalue weighted by atomic mass is 9.68. The summed E-state index contributed by atoms with van der Waals surface area (Å²) in [6.45, 7) is 6.24. The molecule has 0 aliphatic heterocycles. The first-order valence-electron chi connectivity index (χ1n) is 5.98. The van der Waals surface area contributed by atoms with E-state index in [2.05, 4.69) is 13.8 Å². The second-order valence-corrected chi connectivity index (χ2v) is 5.95. The van der Waals surface area contributed by atoms with E-state index in [1.807, 2.05) is 6.92 Å².